The van der Waals surface area contributed by atoms with E-state index in [0.717, 1.165) is 6.42 Å². The van der Waals surface area contributed by atoms with Crippen LogP contribution in [0.2, 0.25) is 0 Å². The van der Waals surface area contributed by atoms with Crippen LogP contribution >= 0.6 is 15.9 Å². The maximum absolute atomic E-state index is 12.9. The molecule has 0 aromatic rings. The van der Waals surface area contributed by atoms with Gasteiger partial charge in [-0.15, -0.1) is 0 Å². The molecule has 0 aromatic heterocycles. The van der Waals surface area contributed by atoms with Crippen molar-refractivity contribution >= 4 is 15.9 Å². The van der Waals surface area contributed by atoms with Gasteiger partial charge in [0, 0.05) is 5.33 Å². The van der Waals surface area contributed by atoms with Gasteiger partial charge in [-0.05, 0) is 12.8 Å². The normalized spacial score (nSPS) is 14.0. The first-order chi connectivity index (χ1) is 8.06. The van der Waals surface area contributed by atoms with Gasteiger partial charge in [-0.2, -0.15) is 30.7 Å². The van der Waals surface area contributed by atoms with Gasteiger partial charge >= 0.3 is 18.2 Å². The Bertz CT molecular complexity index is 224. The van der Waals surface area contributed by atoms with Crippen LogP contribution in [-0.2, 0) is 4.74 Å². The highest BCUT2D eigenvalue weighted by atomic mass is 79.9. The van der Waals surface area contributed by atoms with Gasteiger partial charge in [0.15, 0.2) is 0 Å². The standard InChI is InChI=1S/C9H12BrF7O/c10-5-3-1-2-4-6-18-7(11,8(12,13)14)9(15,16)17/h1-6H2. The second kappa shape index (κ2) is 6.93. The molecule has 9 heteroatoms. The summed E-state index contributed by atoms with van der Waals surface area (Å²) in [5.41, 5.74) is 0. The van der Waals surface area contributed by atoms with Crippen LogP contribution in [-0.4, -0.2) is 30.1 Å². The Hall–Kier alpha value is -0.0500. The highest BCUT2D eigenvalue weighted by Gasteiger charge is 2.74. The van der Waals surface area contributed by atoms with Crippen molar-refractivity contribution in [2.24, 2.45) is 0 Å². The van der Waals surface area contributed by atoms with Crippen LogP contribution in [0.3, 0.4) is 0 Å². The zero-order chi connectivity index (χ0) is 14.4. The Morgan fingerprint density at radius 2 is 1.17 bits per heavy atom. The molecular formula is C9H12BrF7O. The molecule has 0 unspecified atom stereocenters. The Labute approximate surface area is 108 Å². The number of unbranched alkanes of at least 4 members (excludes halogenated alkanes) is 3. The van der Waals surface area contributed by atoms with Crippen LogP contribution in [0, 0.1) is 0 Å². The summed E-state index contributed by atoms with van der Waals surface area (Å²) in [6.07, 6.45) is -10.6. The van der Waals surface area contributed by atoms with Gasteiger partial charge in [0.1, 0.15) is 0 Å². The SMILES string of the molecule is FC(F)(F)C(F)(OCCCCCCBr)C(F)(F)F. The molecule has 0 aliphatic rings. The number of ether oxygens (including phenoxy) is 1. The van der Waals surface area contributed by atoms with Crippen molar-refractivity contribution in [1.82, 2.24) is 0 Å². The van der Waals surface area contributed by atoms with Crippen LogP contribution in [0.15, 0.2) is 0 Å². The molecule has 0 fully saturated rings. The summed E-state index contributed by atoms with van der Waals surface area (Å²) >= 11 is 3.11. The van der Waals surface area contributed by atoms with Gasteiger partial charge in [-0.25, -0.2) is 0 Å². The van der Waals surface area contributed by atoms with E-state index in [1.807, 2.05) is 0 Å². The van der Waals surface area contributed by atoms with Gasteiger partial charge in [0.05, 0.1) is 6.61 Å². The summed E-state index contributed by atoms with van der Waals surface area (Å²) in [4.78, 5) is 0. The van der Waals surface area contributed by atoms with E-state index in [0.29, 0.717) is 18.2 Å². The highest BCUT2D eigenvalue weighted by molar-refractivity contribution is 9.09. The quantitative estimate of drug-likeness (QED) is 0.366. The van der Waals surface area contributed by atoms with Crippen molar-refractivity contribution in [1.29, 1.82) is 0 Å². The average Bonchev–Trinajstić information content (AvgIpc) is 2.19. The monoisotopic (exact) mass is 348 g/mol. The largest absolute Gasteiger partial charge is 0.458 e. The molecule has 0 aliphatic carbocycles. The number of halogens is 8. The molecular weight excluding hydrogens is 337 g/mol. The van der Waals surface area contributed by atoms with Crippen molar-refractivity contribution in [2.45, 2.75) is 43.9 Å². The molecule has 0 N–H and O–H groups in total. The molecule has 0 radical (unpaired) electrons. The summed E-state index contributed by atoms with van der Waals surface area (Å²) in [5, 5.41) is 0.687. The molecule has 0 heterocycles. The van der Waals surface area contributed by atoms with Crippen LogP contribution in [0.25, 0.3) is 0 Å². The minimum atomic E-state index is -6.14. The van der Waals surface area contributed by atoms with Crippen LogP contribution in [0.1, 0.15) is 25.7 Å². The summed E-state index contributed by atoms with van der Waals surface area (Å²) in [6.45, 7) is -0.933. The van der Waals surface area contributed by atoms with E-state index in [-0.39, 0.29) is 6.42 Å². The first-order valence-electron chi connectivity index (χ1n) is 5.08. The number of hydrogen-bond donors (Lipinski definition) is 0. The fourth-order valence-electron chi connectivity index (χ4n) is 1.09. The van der Waals surface area contributed by atoms with Crippen LogP contribution in [0.5, 0.6) is 0 Å². The molecule has 0 atom stereocenters. The van der Waals surface area contributed by atoms with Gasteiger partial charge in [-0.1, -0.05) is 28.8 Å². The topological polar surface area (TPSA) is 9.23 Å². The lowest BCUT2D eigenvalue weighted by Crippen LogP contribution is -2.55. The molecule has 0 saturated heterocycles. The van der Waals surface area contributed by atoms with E-state index in [1.165, 1.54) is 0 Å². The van der Waals surface area contributed by atoms with E-state index >= 15 is 0 Å². The molecule has 0 bridgehead atoms. The first kappa shape index (κ1) is 17.9. The van der Waals surface area contributed by atoms with E-state index in [4.69, 9.17) is 0 Å². The predicted octanol–water partition coefficient (Wildman–Crippen LogP) is 4.75. The van der Waals surface area contributed by atoms with E-state index in [9.17, 15) is 30.7 Å². The summed E-state index contributed by atoms with van der Waals surface area (Å²) in [5.74, 6) is -5.59. The van der Waals surface area contributed by atoms with E-state index in [1.54, 1.807) is 0 Å². The molecule has 18 heavy (non-hydrogen) atoms. The third-order valence-electron chi connectivity index (χ3n) is 2.06. The number of alkyl halides is 8. The predicted molar refractivity (Wildman–Crippen MR) is 54.2 cm³/mol. The molecule has 0 aliphatic heterocycles. The molecule has 0 spiro atoms. The number of rotatable bonds is 7. The van der Waals surface area contributed by atoms with Gasteiger partial charge in [-0.3, -0.25) is 0 Å². The lowest BCUT2D eigenvalue weighted by Gasteiger charge is -2.29. The summed E-state index contributed by atoms with van der Waals surface area (Å²) in [6, 6.07) is 0. The Kier molecular flexibility index (Phi) is 6.91. The first-order valence-corrected chi connectivity index (χ1v) is 6.20. The fourth-order valence-corrected chi connectivity index (χ4v) is 1.48. The smallest absolute Gasteiger partial charge is 0.332 e. The fraction of sp³-hybridized carbons (Fsp3) is 1.00. The van der Waals surface area contributed by atoms with E-state index in [2.05, 4.69) is 20.7 Å². The molecule has 110 valence electrons. The van der Waals surface area contributed by atoms with Crippen LogP contribution < -0.4 is 0 Å². The zero-order valence-electron chi connectivity index (χ0n) is 9.17. The third kappa shape index (κ3) is 4.91. The Morgan fingerprint density at radius 1 is 0.722 bits per heavy atom. The molecule has 0 amide bonds. The van der Waals surface area contributed by atoms with Crippen LogP contribution in [0.4, 0.5) is 30.7 Å². The zero-order valence-corrected chi connectivity index (χ0v) is 10.8. The average molecular weight is 349 g/mol. The minimum Gasteiger partial charge on any atom is -0.332 e. The summed E-state index contributed by atoms with van der Waals surface area (Å²) < 4.78 is 88.3. The third-order valence-corrected chi connectivity index (χ3v) is 2.62. The maximum atomic E-state index is 12.9. The van der Waals surface area contributed by atoms with Crippen molar-refractivity contribution in [3.8, 4) is 0 Å². The lowest BCUT2D eigenvalue weighted by atomic mass is 10.2. The maximum Gasteiger partial charge on any atom is 0.458 e. The van der Waals surface area contributed by atoms with Gasteiger partial charge in [0.2, 0.25) is 0 Å². The minimum absolute atomic E-state index is 0.0647. The summed E-state index contributed by atoms with van der Waals surface area (Å²) in [7, 11) is 0. The second-order valence-corrected chi connectivity index (χ2v) is 4.34. The van der Waals surface area contributed by atoms with Gasteiger partial charge < -0.3 is 4.74 Å². The van der Waals surface area contributed by atoms with Crippen molar-refractivity contribution in [3.05, 3.63) is 0 Å². The molecule has 0 saturated carbocycles. The van der Waals surface area contributed by atoms with E-state index < -0.39 is 24.8 Å². The molecule has 1 nitrogen and oxygen atoms in total. The Balaban J connectivity index is 4.30. The van der Waals surface area contributed by atoms with Crippen molar-refractivity contribution in [3.63, 3.8) is 0 Å². The lowest BCUT2D eigenvalue weighted by molar-refractivity contribution is -0.430. The number of hydrogen-bond acceptors (Lipinski definition) is 1. The Morgan fingerprint density at radius 3 is 1.56 bits per heavy atom. The van der Waals surface area contributed by atoms with Crippen molar-refractivity contribution < 1.29 is 35.5 Å². The second-order valence-electron chi connectivity index (χ2n) is 3.54. The molecule has 0 rings (SSSR count). The molecule has 0 aromatic carbocycles. The highest BCUT2D eigenvalue weighted by Crippen LogP contribution is 2.46. The van der Waals surface area contributed by atoms with Gasteiger partial charge in [0.25, 0.3) is 0 Å². The van der Waals surface area contributed by atoms with Crippen molar-refractivity contribution in [2.75, 3.05) is 11.9 Å².